The van der Waals surface area contributed by atoms with Crippen molar-refractivity contribution < 1.29 is 9.90 Å². The number of aryl methyl sites for hydroxylation is 2. The van der Waals surface area contributed by atoms with Crippen LogP contribution >= 0.6 is 22.9 Å². The number of thiazole rings is 1. The molecule has 0 saturated heterocycles. The van der Waals surface area contributed by atoms with Gasteiger partial charge in [-0.25, -0.2) is 9.78 Å². The molecule has 0 bridgehead atoms. The summed E-state index contributed by atoms with van der Waals surface area (Å²) < 4.78 is 0. The summed E-state index contributed by atoms with van der Waals surface area (Å²) in [6, 6.07) is 5.56. The van der Waals surface area contributed by atoms with Crippen molar-refractivity contribution in [3.05, 3.63) is 39.4 Å². The largest absolute Gasteiger partial charge is 0.477 e. The van der Waals surface area contributed by atoms with Crippen molar-refractivity contribution in [2.75, 3.05) is 5.32 Å². The Balaban J connectivity index is 2.35. The quantitative estimate of drug-likeness (QED) is 0.897. The standard InChI is InChI=1S/C12H11ClN2O2S/c1-6-4-3-5-8(13)9(6)15-12-14-7(2)10(18-12)11(16)17/h3-5H,1-2H3,(H,14,15)(H,16,17). The van der Waals surface area contributed by atoms with E-state index in [-0.39, 0.29) is 4.88 Å². The lowest BCUT2D eigenvalue weighted by molar-refractivity contribution is 0.0701. The number of carboxylic acid groups (broad SMARTS) is 1. The van der Waals surface area contributed by atoms with Crippen LogP contribution in [0.4, 0.5) is 10.8 Å². The number of para-hydroxylation sites is 1. The molecule has 6 heteroatoms. The molecule has 0 radical (unpaired) electrons. The maximum Gasteiger partial charge on any atom is 0.347 e. The Morgan fingerprint density at radius 3 is 2.72 bits per heavy atom. The highest BCUT2D eigenvalue weighted by atomic mass is 35.5. The molecule has 0 fully saturated rings. The van der Waals surface area contributed by atoms with E-state index in [2.05, 4.69) is 10.3 Å². The second-order valence-corrected chi connectivity index (χ2v) is 5.20. The number of benzene rings is 1. The van der Waals surface area contributed by atoms with Crippen molar-refractivity contribution in [2.24, 2.45) is 0 Å². The molecule has 4 nitrogen and oxygen atoms in total. The van der Waals surface area contributed by atoms with E-state index in [0.29, 0.717) is 15.8 Å². The van der Waals surface area contributed by atoms with Crippen molar-refractivity contribution in [1.29, 1.82) is 0 Å². The Hall–Kier alpha value is -1.59. The SMILES string of the molecule is Cc1cccc(Cl)c1Nc1nc(C)c(C(=O)O)s1. The lowest BCUT2D eigenvalue weighted by Crippen LogP contribution is -1.94. The third kappa shape index (κ3) is 2.47. The zero-order valence-corrected chi connectivity index (χ0v) is 11.4. The average Bonchev–Trinajstić information content (AvgIpc) is 2.65. The van der Waals surface area contributed by atoms with E-state index in [1.807, 2.05) is 19.1 Å². The number of aromatic nitrogens is 1. The van der Waals surface area contributed by atoms with E-state index in [4.69, 9.17) is 16.7 Å². The molecule has 2 aromatic rings. The van der Waals surface area contributed by atoms with Gasteiger partial charge in [0.1, 0.15) is 4.88 Å². The van der Waals surface area contributed by atoms with Gasteiger partial charge in [-0.05, 0) is 25.5 Å². The fourth-order valence-electron chi connectivity index (χ4n) is 1.55. The zero-order chi connectivity index (χ0) is 13.3. The maximum atomic E-state index is 10.9. The molecule has 2 N–H and O–H groups in total. The molecular weight excluding hydrogens is 272 g/mol. The van der Waals surface area contributed by atoms with Crippen molar-refractivity contribution in [3.8, 4) is 0 Å². The van der Waals surface area contributed by atoms with Crippen LogP contribution in [0.15, 0.2) is 18.2 Å². The number of hydrogen-bond acceptors (Lipinski definition) is 4. The molecule has 0 atom stereocenters. The summed E-state index contributed by atoms with van der Waals surface area (Å²) >= 11 is 7.19. The van der Waals surface area contributed by atoms with Gasteiger partial charge in [0.15, 0.2) is 5.13 Å². The molecule has 0 aliphatic rings. The minimum atomic E-state index is -0.964. The summed E-state index contributed by atoms with van der Waals surface area (Å²) in [4.78, 5) is 15.4. The Morgan fingerprint density at radius 2 is 2.17 bits per heavy atom. The van der Waals surface area contributed by atoms with Gasteiger partial charge in [0.05, 0.1) is 16.4 Å². The van der Waals surface area contributed by atoms with Gasteiger partial charge in [0, 0.05) is 0 Å². The van der Waals surface area contributed by atoms with Crippen molar-refractivity contribution in [3.63, 3.8) is 0 Å². The minimum Gasteiger partial charge on any atom is -0.477 e. The fraction of sp³-hybridized carbons (Fsp3) is 0.167. The van der Waals surface area contributed by atoms with Crippen LogP contribution in [0.25, 0.3) is 0 Å². The van der Waals surface area contributed by atoms with Crippen LogP contribution in [0.3, 0.4) is 0 Å². The van der Waals surface area contributed by atoms with Crippen LogP contribution in [-0.4, -0.2) is 16.1 Å². The normalized spacial score (nSPS) is 10.4. The molecule has 0 saturated carbocycles. The highest BCUT2D eigenvalue weighted by molar-refractivity contribution is 7.17. The lowest BCUT2D eigenvalue weighted by atomic mass is 10.2. The molecule has 0 amide bonds. The predicted octanol–water partition coefficient (Wildman–Crippen LogP) is 3.86. The van der Waals surface area contributed by atoms with E-state index in [9.17, 15) is 4.79 Å². The minimum absolute atomic E-state index is 0.238. The van der Waals surface area contributed by atoms with Crippen LogP contribution < -0.4 is 5.32 Å². The Morgan fingerprint density at radius 1 is 1.44 bits per heavy atom. The van der Waals surface area contributed by atoms with Gasteiger partial charge in [0.2, 0.25) is 0 Å². The Kier molecular flexibility index (Phi) is 3.54. The summed E-state index contributed by atoms with van der Waals surface area (Å²) in [7, 11) is 0. The molecule has 94 valence electrons. The van der Waals surface area contributed by atoms with E-state index >= 15 is 0 Å². The zero-order valence-electron chi connectivity index (χ0n) is 9.82. The molecule has 0 aliphatic carbocycles. The molecule has 0 unspecified atom stereocenters. The number of nitrogens with one attached hydrogen (secondary N) is 1. The molecule has 0 spiro atoms. The summed E-state index contributed by atoms with van der Waals surface area (Å²) in [5, 5.41) is 13.2. The number of aromatic carboxylic acids is 1. The van der Waals surface area contributed by atoms with E-state index < -0.39 is 5.97 Å². The van der Waals surface area contributed by atoms with Crippen LogP contribution in [0, 0.1) is 13.8 Å². The van der Waals surface area contributed by atoms with Gasteiger partial charge in [0.25, 0.3) is 0 Å². The molecule has 18 heavy (non-hydrogen) atoms. The monoisotopic (exact) mass is 282 g/mol. The molecule has 1 heterocycles. The van der Waals surface area contributed by atoms with E-state index in [0.717, 1.165) is 22.6 Å². The third-order valence-electron chi connectivity index (χ3n) is 2.44. The molecule has 1 aromatic carbocycles. The molecule has 0 aliphatic heterocycles. The topological polar surface area (TPSA) is 62.2 Å². The highest BCUT2D eigenvalue weighted by Gasteiger charge is 2.15. The second kappa shape index (κ2) is 4.96. The number of carboxylic acids is 1. The van der Waals surface area contributed by atoms with Gasteiger partial charge in [-0.15, -0.1) is 0 Å². The van der Waals surface area contributed by atoms with Crippen molar-refractivity contribution in [2.45, 2.75) is 13.8 Å². The van der Waals surface area contributed by atoms with Gasteiger partial charge in [-0.1, -0.05) is 35.1 Å². The number of anilines is 2. The first-order valence-electron chi connectivity index (χ1n) is 5.22. The summed E-state index contributed by atoms with van der Waals surface area (Å²) in [6.45, 7) is 3.59. The fourth-order valence-corrected chi connectivity index (χ4v) is 2.62. The van der Waals surface area contributed by atoms with Crippen LogP contribution in [-0.2, 0) is 0 Å². The third-order valence-corrected chi connectivity index (χ3v) is 3.82. The van der Waals surface area contributed by atoms with Gasteiger partial charge < -0.3 is 10.4 Å². The number of hydrogen-bond donors (Lipinski definition) is 2. The summed E-state index contributed by atoms with van der Waals surface area (Å²) in [6.07, 6.45) is 0. The van der Waals surface area contributed by atoms with Gasteiger partial charge in [-0.2, -0.15) is 0 Å². The number of halogens is 1. The first-order chi connectivity index (χ1) is 8.49. The highest BCUT2D eigenvalue weighted by Crippen LogP contribution is 2.31. The van der Waals surface area contributed by atoms with E-state index in [1.54, 1.807) is 13.0 Å². The lowest BCUT2D eigenvalue weighted by Gasteiger charge is -2.08. The maximum absolute atomic E-state index is 10.9. The number of nitrogens with zero attached hydrogens (tertiary/aromatic N) is 1. The van der Waals surface area contributed by atoms with Crippen molar-refractivity contribution >= 4 is 39.7 Å². The predicted molar refractivity (Wildman–Crippen MR) is 73.3 cm³/mol. The van der Waals surface area contributed by atoms with Gasteiger partial charge in [-0.3, -0.25) is 0 Å². The number of rotatable bonds is 3. The van der Waals surface area contributed by atoms with Gasteiger partial charge >= 0.3 is 5.97 Å². The first-order valence-corrected chi connectivity index (χ1v) is 6.41. The van der Waals surface area contributed by atoms with Crippen molar-refractivity contribution in [1.82, 2.24) is 4.98 Å². The summed E-state index contributed by atoms with van der Waals surface area (Å²) in [5.74, 6) is -0.964. The average molecular weight is 283 g/mol. The molecule has 2 rings (SSSR count). The molecule has 1 aromatic heterocycles. The summed E-state index contributed by atoms with van der Waals surface area (Å²) in [5.41, 5.74) is 2.23. The van der Waals surface area contributed by atoms with Crippen LogP contribution in [0.5, 0.6) is 0 Å². The second-order valence-electron chi connectivity index (χ2n) is 3.80. The Bertz CT molecular complexity index is 590. The Labute approximate surface area is 113 Å². The van der Waals surface area contributed by atoms with E-state index in [1.165, 1.54) is 0 Å². The molecular formula is C12H11ClN2O2S. The van der Waals surface area contributed by atoms with Crippen LogP contribution in [0.1, 0.15) is 20.9 Å². The first kappa shape index (κ1) is 12.9. The smallest absolute Gasteiger partial charge is 0.347 e. The number of carbonyl (C=O) groups is 1. The van der Waals surface area contributed by atoms with Crippen LogP contribution in [0.2, 0.25) is 5.02 Å².